The van der Waals surface area contributed by atoms with Crippen LogP contribution >= 0.6 is 15.9 Å². The molecular formula is C21H14BrF4NO2. The number of amides is 1. The van der Waals surface area contributed by atoms with Crippen molar-refractivity contribution in [2.45, 2.75) is 12.8 Å². The summed E-state index contributed by atoms with van der Waals surface area (Å²) in [6.07, 6.45) is -4.64. The van der Waals surface area contributed by atoms with E-state index in [2.05, 4.69) is 21.2 Å². The SMILES string of the molecule is O=C(Nc1cc(C(F)(F)F)ccc1F)c1cccc(COc2ccc(Br)cc2)c1. The van der Waals surface area contributed by atoms with Gasteiger partial charge in [-0.25, -0.2) is 4.39 Å². The van der Waals surface area contributed by atoms with Crippen molar-refractivity contribution in [3.63, 3.8) is 0 Å². The summed E-state index contributed by atoms with van der Waals surface area (Å²) < 4.78 is 58.8. The summed E-state index contributed by atoms with van der Waals surface area (Å²) in [5, 5.41) is 2.19. The molecule has 3 nitrogen and oxygen atoms in total. The zero-order valence-corrected chi connectivity index (χ0v) is 16.4. The van der Waals surface area contributed by atoms with E-state index in [1.807, 2.05) is 12.1 Å². The molecule has 0 radical (unpaired) electrons. The maximum Gasteiger partial charge on any atom is 0.416 e. The minimum Gasteiger partial charge on any atom is -0.489 e. The van der Waals surface area contributed by atoms with Crippen molar-refractivity contribution in [3.8, 4) is 5.75 Å². The average molecular weight is 468 g/mol. The van der Waals surface area contributed by atoms with Crippen LogP contribution in [0.5, 0.6) is 5.75 Å². The second-order valence-corrected chi connectivity index (χ2v) is 7.01. The van der Waals surface area contributed by atoms with Crippen molar-refractivity contribution < 1.29 is 27.1 Å². The summed E-state index contributed by atoms with van der Waals surface area (Å²) in [5.41, 5.74) is -0.754. The van der Waals surface area contributed by atoms with E-state index >= 15 is 0 Å². The molecule has 0 bridgehead atoms. The first-order valence-corrected chi connectivity index (χ1v) is 9.17. The van der Waals surface area contributed by atoms with Crippen molar-refractivity contribution in [1.82, 2.24) is 0 Å². The molecule has 0 aliphatic carbocycles. The molecule has 150 valence electrons. The highest BCUT2D eigenvalue weighted by molar-refractivity contribution is 9.10. The molecule has 0 saturated carbocycles. The third-order valence-corrected chi connectivity index (χ3v) is 4.48. The lowest BCUT2D eigenvalue weighted by atomic mass is 10.1. The van der Waals surface area contributed by atoms with Gasteiger partial charge in [0.1, 0.15) is 18.2 Å². The van der Waals surface area contributed by atoms with Crippen LogP contribution in [-0.2, 0) is 12.8 Å². The van der Waals surface area contributed by atoms with Crippen molar-refractivity contribution in [1.29, 1.82) is 0 Å². The molecule has 8 heteroatoms. The topological polar surface area (TPSA) is 38.3 Å². The molecule has 1 N–H and O–H groups in total. The summed E-state index contributed by atoms with van der Waals surface area (Å²) in [4.78, 5) is 12.4. The Hall–Kier alpha value is -2.87. The first-order chi connectivity index (χ1) is 13.7. The normalized spacial score (nSPS) is 11.2. The molecule has 0 aromatic heterocycles. The van der Waals surface area contributed by atoms with Crippen LogP contribution in [0.25, 0.3) is 0 Å². The van der Waals surface area contributed by atoms with Crippen LogP contribution in [0.2, 0.25) is 0 Å². The van der Waals surface area contributed by atoms with Crippen LogP contribution in [0.3, 0.4) is 0 Å². The Labute approximate surface area is 172 Å². The number of halogens is 5. The Bertz CT molecular complexity index is 1020. The van der Waals surface area contributed by atoms with Gasteiger partial charge in [-0.1, -0.05) is 28.1 Å². The quantitative estimate of drug-likeness (QED) is 0.438. The van der Waals surface area contributed by atoms with E-state index in [0.717, 1.165) is 4.47 Å². The molecule has 0 atom stereocenters. The van der Waals surface area contributed by atoms with Gasteiger partial charge in [-0.05, 0) is 60.2 Å². The summed E-state index contributed by atoms with van der Waals surface area (Å²) >= 11 is 3.33. The molecular weight excluding hydrogens is 454 g/mol. The van der Waals surface area contributed by atoms with Gasteiger partial charge in [0.25, 0.3) is 5.91 Å². The monoisotopic (exact) mass is 467 g/mol. The van der Waals surface area contributed by atoms with E-state index in [1.54, 1.807) is 24.3 Å². The predicted octanol–water partition coefficient (Wildman–Crippen LogP) is 6.44. The molecule has 0 heterocycles. The number of alkyl halides is 3. The molecule has 0 aliphatic rings. The highest BCUT2D eigenvalue weighted by atomic mass is 79.9. The Balaban J connectivity index is 1.72. The molecule has 0 fully saturated rings. The van der Waals surface area contributed by atoms with E-state index in [1.165, 1.54) is 12.1 Å². The van der Waals surface area contributed by atoms with Crippen LogP contribution < -0.4 is 10.1 Å². The molecule has 3 rings (SSSR count). The number of hydrogen-bond acceptors (Lipinski definition) is 2. The molecule has 0 spiro atoms. The molecule has 29 heavy (non-hydrogen) atoms. The minimum atomic E-state index is -4.64. The van der Waals surface area contributed by atoms with Crippen molar-refractivity contribution in [2.75, 3.05) is 5.32 Å². The summed E-state index contributed by atoms with van der Waals surface area (Å²) in [6.45, 7) is 0.181. The molecule has 3 aromatic rings. The largest absolute Gasteiger partial charge is 0.489 e. The van der Waals surface area contributed by atoms with Gasteiger partial charge in [0.05, 0.1) is 11.3 Å². The number of anilines is 1. The van der Waals surface area contributed by atoms with E-state index in [4.69, 9.17) is 4.74 Å². The third kappa shape index (κ3) is 5.57. The predicted molar refractivity (Wildman–Crippen MR) is 104 cm³/mol. The molecule has 1 amide bonds. The smallest absolute Gasteiger partial charge is 0.416 e. The molecule has 3 aromatic carbocycles. The van der Waals surface area contributed by atoms with Crippen LogP contribution in [0, 0.1) is 5.82 Å². The average Bonchev–Trinajstić information content (AvgIpc) is 2.68. The van der Waals surface area contributed by atoms with Crippen molar-refractivity contribution in [2.24, 2.45) is 0 Å². The van der Waals surface area contributed by atoms with Gasteiger partial charge in [0.2, 0.25) is 0 Å². The van der Waals surface area contributed by atoms with Crippen LogP contribution in [0.15, 0.2) is 71.2 Å². The van der Waals surface area contributed by atoms with E-state index in [9.17, 15) is 22.4 Å². The lowest BCUT2D eigenvalue weighted by Gasteiger charge is -2.12. The lowest BCUT2D eigenvalue weighted by Crippen LogP contribution is -2.15. The number of hydrogen-bond donors (Lipinski definition) is 1. The van der Waals surface area contributed by atoms with Gasteiger partial charge >= 0.3 is 6.18 Å². The van der Waals surface area contributed by atoms with Crippen LogP contribution in [0.1, 0.15) is 21.5 Å². The van der Waals surface area contributed by atoms with Gasteiger partial charge < -0.3 is 10.1 Å². The Morgan fingerprint density at radius 1 is 1.00 bits per heavy atom. The maximum atomic E-state index is 13.8. The third-order valence-electron chi connectivity index (χ3n) is 3.95. The fourth-order valence-electron chi connectivity index (χ4n) is 2.49. The van der Waals surface area contributed by atoms with Gasteiger partial charge in [-0.15, -0.1) is 0 Å². The number of nitrogens with one attached hydrogen (secondary N) is 1. The Kier molecular flexibility index (Phi) is 6.22. The molecule has 0 saturated heterocycles. The standard InChI is InChI=1S/C21H14BrF4NO2/c22-16-5-7-17(8-6-16)29-12-13-2-1-3-14(10-13)20(28)27-19-11-15(21(24,25)26)4-9-18(19)23/h1-11H,12H2,(H,27,28). The summed E-state index contributed by atoms with van der Waals surface area (Å²) in [6, 6.07) is 15.4. The van der Waals surface area contributed by atoms with Crippen LogP contribution in [0.4, 0.5) is 23.2 Å². The first kappa shape index (κ1) is 20.9. The van der Waals surface area contributed by atoms with E-state index in [0.29, 0.717) is 29.5 Å². The van der Waals surface area contributed by atoms with Crippen molar-refractivity contribution >= 4 is 27.5 Å². The second-order valence-electron chi connectivity index (χ2n) is 6.09. The number of benzene rings is 3. The van der Waals surface area contributed by atoms with E-state index in [-0.39, 0.29) is 12.2 Å². The van der Waals surface area contributed by atoms with Crippen molar-refractivity contribution in [3.05, 3.63) is 93.7 Å². The first-order valence-electron chi connectivity index (χ1n) is 8.38. The second kappa shape index (κ2) is 8.65. The number of carbonyl (C=O) groups excluding carboxylic acids is 1. The van der Waals surface area contributed by atoms with E-state index < -0.39 is 29.2 Å². The zero-order chi connectivity index (χ0) is 21.0. The van der Waals surface area contributed by atoms with Gasteiger partial charge in [0, 0.05) is 10.0 Å². The molecule has 0 aliphatic heterocycles. The summed E-state index contributed by atoms with van der Waals surface area (Å²) in [5.74, 6) is -1.05. The van der Waals surface area contributed by atoms with Gasteiger partial charge in [-0.2, -0.15) is 13.2 Å². The zero-order valence-electron chi connectivity index (χ0n) is 14.8. The fourth-order valence-corrected chi connectivity index (χ4v) is 2.76. The fraction of sp³-hybridized carbons (Fsp3) is 0.0952. The summed E-state index contributed by atoms with van der Waals surface area (Å²) in [7, 11) is 0. The number of ether oxygens (including phenoxy) is 1. The highest BCUT2D eigenvalue weighted by Gasteiger charge is 2.31. The molecule has 0 unspecified atom stereocenters. The van der Waals surface area contributed by atoms with Gasteiger partial charge in [0.15, 0.2) is 0 Å². The van der Waals surface area contributed by atoms with Gasteiger partial charge in [-0.3, -0.25) is 4.79 Å². The number of carbonyl (C=O) groups is 1. The minimum absolute atomic E-state index is 0.165. The Morgan fingerprint density at radius 3 is 2.41 bits per heavy atom. The lowest BCUT2D eigenvalue weighted by molar-refractivity contribution is -0.137. The highest BCUT2D eigenvalue weighted by Crippen LogP contribution is 2.32. The maximum absolute atomic E-state index is 13.8. The number of rotatable bonds is 5. The van der Waals surface area contributed by atoms with Crippen LogP contribution in [-0.4, -0.2) is 5.91 Å². The Morgan fingerprint density at radius 2 is 1.72 bits per heavy atom.